The fourth-order valence-corrected chi connectivity index (χ4v) is 5.05. The number of hydrogen-bond donors (Lipinski definition) is 1. The van der Waals surface area contributed by atoms with E-state index < -0.39 is 0 Å². The van der Waals surface area contributed by atoms with Crippen LogP contribution >= 0.6 is 0 Å². The number of allylic oxidation sites excluding steroid dienone is 2. The number of hydrogen-bond acceptors (Lipinski definition) is 4. The van der Waals surface area contributed by atoms with E-state index in [1.54, 1.807) is 0 Å². The summed E-state index contributed by atoms with van der Waals surface area (Å²) in [5.74, 6) is 0.448. The van der Waals surface area contributed by atoms with Crippen LogP contribution < -0.4 is 5.32 Å². The maximum absolute atomic E-state index is 13.2. The van der Waals surface area contributed by atoms with Crippen molar-refractivity contribution < 1.29 is 9.59 Å². The lowest BCUT2D eigenvalue weighted by Gasteiger charge is -2.28. The Morgan fingerprint density at radius 1 is 1.22 bits per heavy atom. The molecule has 2 atom stereocenters. The highest BCUT2D eigenvalue weighted by atomic mass is 16.2. The highest BCUT2D eigenvalue weighted by molar-refractivity contribution is 5.80. The summed E-state index contributed by atoms with van der Waals surface area (Å²) in [6.45, 7) is 7.61. The maximum Gasteiger partial charge on any atom is 0.226 e. The first-order valence-corrected chi connectivity index (χ1v) is 12.1. The van der Waals surface area contributed by atoms with Crippen molar-refractivity contribution >= 4 is 17.5 Å². The number of fused-ring (bicyclic) bond motifs is 1. The van der Waals surface area contributed by atoms with Gasteiger partial charge in [0.05, 0.1) is 11.7 Å². The molecule has 1 fully saturated rings. The van der Waals surface area contributed by atoms with Crippen molar-refractivity contribution in [3.8, 4) is 0 Å². The Labute approximate surface area is 190 Å². The molecule has 0 unspecified atom stereocenters. The molecule has 2 aromatic heterocycles. The molecule has 32 heavy (non-hydrogen) atoms. The molecule has 172 valence electrons. The highest BCUT2D eigenvalue weighted by Crippen LogP contribution is 2.35. The van der Waals surface area contributed by atoms with Gasteiger partial charge in [-0.3, -0.25) is 9.59 Å². The third-order valence-electron chi connectivity index (χ3n) is 6.85. The van der Waals surface area contributed by atoms with Gasteiger partial charge in [-0.15, -0.1) is 0 Å². The van der Waals surface area contributed by atoms with E-state index in [-0.39, 0.29) is 23.8 Å². The number of amides is 2. The molecule has 0 spiro atoms. The van der Waals surface area contributed by atoms with Gasteiger partial charge < -0.3 is 10.2 Å². The fraction of sp³-hybridized carbons (Fsp3) is 0.600. The molecule has 7 heteroatoms. The number of carbonyl (C=O) groups is 2. The lowest BCUT2D eigenvalue weighted by Crippen LogP contribution is -2.36. The topological polar surface area (TPSA) is 79.6 Å². The third kappa shape index (κ3) is 4.57. The van der Waals surface area contributed by atoms with Crippen LogP contribution in [-0.4, -0.2) is 44.4 Å². The SMILES string of the molecule is CCCNC(=O)CCc1c(C)nc2cc([C@H]3CCCN3C(=O)[C@H]3CC=CCC3)nn2c1C. The zero-order valence-corrected chi connectivity index (χ0v) is 19.6. The second kappa shape index (κ2) is 9.84. The minimum absolute atomic E-state index is 0.0260. The molecule has 1 aliphatic carbocycles. The molecule has 4 rings (SSSR count). The number of nitrogens with zero attached hydrogens (tertiary/aromatic N) is 4. The van der Waals surface area contributed by atoms with Gasteiger partial charge in [-0.2, -0.15) is 5.10 Å². The van der Waals surface area contributed by atoms with E-state index in [1.807, 2.05) is 36.3 Å². The molecule has 0 bridgehead atoms. The average molecular weight is 438 g/mol. The van der Waals surface area contributed by atoms with Crippen molar-refractivity contribution in [1.82, 2.24) is 24.8 Å². The number of carbonyl (C=O) groups excluding carboxylic acids is 2. The van der Waals surface area contributed by atoms with Crippen molar-refractivity contribution in [3.05, 3.63) is 40.9 Å². The molecule has 0 radical (unpaired) electrons. The van der Waals surface area contributed by atoms with Crippen molar-refractivity contribution in [2.45, 2.75) is 78.2 Å². The van der Waals surface area contributed by atoms with Crippen LogP contribution in [0.25, 0.3) is 5.65 Å². The Morgan fingerprint density at radius 2 is 2.06 bits per heavy atom. The molecule has 2 amide bonds. The normalized spacial score (nSPS) is 20.8. The van der Waals surface area contributed by atoms with Gasteiger partial charge >= 0.3 is 0 Å². The Morgan fingerprint density at radius 3 is 2.81 bits per heavy atom. The minimum Gasteiger partial charge on any atom is -0.356 e. The first kappa shape index (κ1) is 22.5. The molecule has 1 saturated heterocycles. The van der Waals surface area contributed by atoms with Gasteiger partial charge in [0.1, 0.15) is 0 Å². The van der Waals surface area contributed by atoms with E-state index >= 15 is 0 Å². The van der Waals surface area contributed by atoms with Gasteiger partial charge in [-0.05, 0) is 64.4 Å². The number of nitrogens with one attached hydrogen (secondary N) is 1. The molecule has 0 aromatic carbocycles. The van der Waals surface area contributed by atoms with E-state index in [2.05, 4.69) is 17.5 Å². The predicted octanol–water partition coefficient (Wildman–Crippen LogP) is 3.82. The van der Waals surface area contributed by atoms with Crippen LogP contribution in [0.1, 0.15) is 80.6 Å². The standard InChI is InChI=1S/C25H35N5O2/c1-4-14-26-24(31)13-12-20-17(2)27-23-16-21(28-30(23)18(20)3)22-11-8-15-29(22)25(32)19-9-6-5-7-10-19/h5-6,16,19,22H,4,7-15H2,1-3H3,(H,26,31)/t19-,22+/m0/s1. The Balaban J connectivity index is 1.55. The van der Waals surface area contributed by atoms with E-state index in [0.717, 1.165) is 73.4 Å². The lowest BCUT2D eigenvalue weighted by molar-refractivity contribution is -0.136. The summed E-state index contributed by atoms with van der Waals surface area (Å²) in [6.07, 6.45) is 11.1. The van der Waals surface area contributed by atoms with E-state index in [9.17, 15) is 9.59 Å². The van der Waals surface area contributed by atoms with Gasteiger partial charge in [0.2, 0.25) is 11.8 Å². The van der Waals surface area contributed by atoms with Gasteiger partial charge in [0.25, 0.3) is 0 Å². The van der Waals surface area contributed by atoms with Crippen LogP contribution in [0, 0.1) is 19.8 Å². The largest absolute Gasteiger partial charge is 0.356 e. The van der Waals surface area contributed by atoms with Crippen molar-refractivity contribution in [1.29, 1.82) is 0 Å². The van der Waals surface area contributed by atoms with Crippen LogP contribution in [0.3, 0.4) is 0 Å². The monoisotopic (exact) mass is 437 g/mol. The van der Waals surface area contributed by atoms with Crippen LogP contribution in [0.15, 0.2) is 18.2 Å². The number of aryl methyl sites for hydroxylation is 2. The second-order valence-corrected chi connectivity index (χ2v) is 9.12. The first-order chi connectivity index (χ1) is 15.5. The lowest BCUT2D eigenvalue weighted by atomic mass is 9.92. The van der Waals surface area contributed by atoms with E-state index in [0.29, 0.717) is 19.4 Å². The fourth-order valence-electron chi connectivity index (χ4n) is 5.05. The summed E-state index contributed by atoms with van der Waals surface area (Å²) in [4.78, 5) is 32.1. The van der Waals surface area contributed by atoms with Crippen molar-refractivity contribution in [2.75, 3.05) is 13.1 Å². The van der Waals surface area contributed by atoms with Crippen LogP contribution in [0.4, 0.5) is 0 Å². The Hall–Kier alpha value is -2.70. The molecule has 2 aliphatic rings. The molecular weight excluding hydrogens is 402 g/mol. The zero-order chi connectivity index (χ0) is 22.7. The number of likely N-dealkylation sites (tertiary alicyclic amines) is 1. The summed E-state index contributed by atoms with van der Waals surface area (Å²) in [6, 6.07) is 2.06. The first-order valence-electron chi connectivity index (χ1n) is 12.1. The molecule has 1 N–H and O–H groups in total. The van der Waals surface area contributed by atoms with E-state index in [4.69, 9.17) is 10.1 Å². The molecular formula is C25H35N5O2. The highest BCUT2D eigenvalue weighted by Gasteiger charge is 2.35. The summed E-state index contributed by atoms with van der Waals surface area (Å²) >= 11 is 0. The Bertz CT molecular complexity index is 1020. The average Bonchev–Trinajstić information content (AvgIpc) is 3.44. The zero-order valence-electron chi connectivity index (χ0n) is 19.6. The second-order valence-electron chi connectivity index (χ2n) is 9.12. The van der Waals surface area contributed by atoms with Gasteiger partial charge in [-0.1, -0.05) is 19.1 Å². The minimum atomic E-state index is 0.0260. The molecule has 7 nitrogen and oxygen atoms in total. The summed E-state index contributed by atoms with van der Waals surface area (Å²) in [5.41, 5.74) is 4.78. The molecule has 2 aromatic rings. The maximum atomic E-state index is 13.2. The third-order valence-corrected chi connectivity index (χ3v) is 6.85. The van der Waals surface area contributed by atoms with Gasteiger partial charge in [-0.25, -0.2) is 9.50 Å². The summed E-state index contributed by atoms with van der Waals surface area (Å²) < 4.78 is 1.89. The van der Waals surface area contributed by atoms with Crippen LogP contribution in [0.2, 0.25) is 0 Å². The van der Waals surface area contributed by atoms with Gasteiger partial charge in [0, 0.05) is 42.9 Å². The quantitative estimate of drug-likeness (QED) is 0.668. The molecule has 3 heterocycles. The summed E-state index contributed by atoms with van der Waals surface area (Å²) in [7, 11) is 0. The van der Waals surface area contributed by atoms with Crippen molar-refractivity contribution in [2.24, 2.45) is 5.92 Å². The van der Waals surface area contributed by atoms with E-state index in [1.165, 1.54) is 0 Å². The number of aromatic nitrogens is 3. The summed E-state index contributed by atoms with van der Waals surface area (Å²) in [5, 5.41) is 7.84. The van der Waals surface area contributed by atoms with Gasteiger partial charge in [0.15, 0.2) is 5.65 Å². The van der Waals surface area contributed by atoms with Crippen molar-refractivity contribution in [3.63, 3.8) is 0 Å². The Kier molecular flexibility index (Phi) is 6.92. The molecule has 0 saturated carbocycles. The smallest absolute Gasteiger partial charge is 0.226 e. The molecule has 1 aliphatic heterocycles. The number of rotatable bonds is 7. The van der Waals surface area contributed by atoms with Crippen LogP contribution in [-0.2, 0) is 16.0 Å². The van der Waals surface area contributed by atoms with Crippen LogP contribution in [0.5, 0.6) is 0 Å². The predicted molar refractivity (Wildman–Crippen MR) is 124 cm³/mol.